The van der Waals surface area contributed by atoms with Crippen molar-refractivity contribution >= 4 is 23.2 Å². The second kappa shape index (κ2) is 6.44. The lowest BCUT2D eigenvalue weighted by Crippen LogP contribution is -2.00. The van der Waals surface area contributed by atoms with E-state index in [0.717, 1.165) is 0 Å². The zero-order valence-corrected chi connectivity index (χ0v) is 12.2. The third-order valence-electron chi connectivity index (χ3n) is 2.83. The van der Waals surface area contributed by atoms with Crippen LogP contribution in [0.3, 0.4) is 0 Å². The summed E-state index contributed by atoms with van der Waals surface area (Å²) in [5.41, 5.74) is 1.17. The van der Waals surface area contributed by atoms with Gasteiger partial charge in [-0.05, 0) is 42.8 Å². The molecular weight excluding hydrogens is 302 g/mol. The fourth-order valence-electron chi connectivity index (χ4n) is 1.70. The van der Waals surface area contributed by atoms with Crippen molar-refractivity contribution in [2.24, 2.45) is 0 Å². The number of aliphatic hydroxyl groups is 1. The van der Waals surface area contributed by atoms with Gasteiger partial charge < -0.3 is 9.84 Å². The van der Waals surface area contributed by atoms with E-state index >= 15 is 0 Å². The molecule has 2 aromatic carbocycles. The number of rotatable bonds is 4. The van der Waals surface area contributed by atoms with Crippen LogP contribution in [0.1, 0.15) is 24.2 Å². The van der Waals surface area contributed by atoms with Crippen LogP contribution in [0.4, 0.5) is 4.39 Å². The van der Waals surface area contributed by atoms with Gasteiger partial charge >= 0.3 is 0 Å². The molecule has 0 bridgehead atoms. The summed E-state index contributed by atoms with van der Waals surface area (Å²) in [6.45, 7) is 1.69. The second-order valence-electron chi connectivity index (χ2n) is 4.39. The topological polar surface area (TPSA) is 29.5 Å². The fraction of sp³-hybridized carbons (Fsp3) is 0.200. The third kappa shape index (κ3) is 3.63. The van der Waals surface area contributed by atoms with Gasteiger partial charge in [0.2, 0.25) is 0 Å². The minimum Gasteiger partial charge on any atom is -0.486 e. The second-order valence-corrected chi connectivity index (χ2v) is 5.23. The number of hydrogen-bond donors (Lipinski definition) is 1. The average molecular weight is 315 g/mol. The van der Waals surface area contributed by atoms with Crippen LogP contribution in [0.15, 0.2) is 36.4 Å². The molecule has 2 rings (SSSR count). The normalized spacial score (nSPS) is 12.2. The van der Waals surface area contributed by atoms with E-state index in [1.165, 1.54) is 12.1 Å². The minimum atomic E-state index is -0.721. The first-order valence-electron chi connectivity index (χ1n) is 6.01. The fourth-order valence-corrected chi connectivity index (χ4v) is 2.07. The lowest BCUT2D eigenvalue weighted by atomic mass is 10.1. The van der Waals surface area contributed by atoms with Gasteiger partial charge in [0.25, 0.3) is 0 Å². The standard InChI is InChI=1S/C15H13Cl2FO2/c1-9(19)10-2-5-15(14(18)7-10)20-8-11-6-12(16)3-4-13(11)17/h2-7,9,19H,8H2,1H3. The first-order chi connectivity index (χ1) is 9.47. The van der Waals surface area contributed by atoms with E-state index in [0.29, 0.717) is 21.2 Å². The van der Waals surface area contributed by atoms with Gasteiger partial charge in [-0.15, -0.1) is 0 Å². The highest BCUT2D eigenvalue weighted by Gasteiger charge is 2.09. The average Bonchev–Trinajstić information content (AvgIpc) is 2.40. The Morgan fingerprint density at radius 2 is 1.95 bits per heavy atom. The number of benzene rings is 2. The van der Waals surface area contributed by atoms with E-state index in [1.807, 2.05) is 0 Å². The molecule has 0 aliphatic rings. The van der Waals surface area contributed by atoms with E-state index in [-0.39, 0.29) is 12.4 Å². The summed E-state index contributed by atoms with van der Waals surface area (Å²) < 4.78 is 19.2. The van der Waals surface area contributed by atoms with Gasteiger partial charge in [-0.1, -0.05) is 29.3 Å². The van der Waals surface area contributed by atoms with Crippen molar-refractivity contribution in [1.29, 1.82) is 0 Å². The van der Waals surface area contributed by atoms with Crippen LogP contribution in [0.25, 0.3) is 0 Å². The lowest BCUT2D eigenvalue weighted by molar-refractivity contribution is 0.198. The van der Waals surface area contributed by atoms with E-state index in [9.17, 15) is 9.50 Å². The van der Waals surface area contributed by atoms with Crippen LogP contribution >= 0.6 is 23.2 Å². The zero-order chi connectivity index (χ0) is 14.7. The first-order valence-corrected chi connectivity index (χ1v) is 6.77. The molecule has 1 N–H and O–H groups in total. The number of aliphatic hydroxyl groups excluding tert-OH is 1. The van der Waals surface area contributed by atoms with Crippen molar-refractivity contribution in [3.8, 4) is 5.75 Å². The molecule has 1 unspecified atom stereocenters. The number of hydrogen-bond acceptors (Lipinski definition) is 2. The molecule has 0 saturated heterocycles. The molecule has 0 saturated carbocycles. The van der Waals surface area contributed by atoms with Crippen molar-refractivity contribution in [2.75, 3.05) is 0 Å². The maximum atomic E-state index is 13.8. The highest BCUT2D eigenvalue weighted by atomic mass is 35.5. The van der Waals surface area contributed by atoms with Crippen LogP contribution in [0.2, 0.25) is 10.0 Å². The van der Waals surface area contributed by atoms with Gasteiger partial charge in [-0.2, -0.15) is 0 Å². The highest BCUT2D eigenvalue weighted by molar-refractivity contribution is 6.33. The Morgan fingerprint density at radius 1 is 1.20 bits per heavy atom. The molecule has 2 aromatic rings. The Hall–Kier alpha value is -1.29. The van der Waals surface area contributed by atoms with Crippen molar-refractivity contribution in [3.63, 3.8) is 0 Å². The maximum Gasteiger partial charge on any atom is 0.165 e. The van der Waals surface area contributed by atoms with Crippen LogP contribution < -0.4 is 4.74 Å². The van der Waals surface area contributed by atoms with Crippen molar-refractivity contribution in [1.82, 2.24) is 0 Å². The number of ether oxygens (including phenoxy) is 1. The molecule has 0 spiro atoms. The molecule has 2 nitrogen and oxygen atoms in total. The van der Waals surface area contributed by atoms with E-state index in [1.54, 1.807) is 31.2 Å². The zero-order valence-electron chi connectivity index (χ0n) is 10.7. The van der Waals surface area contributed by atoms with Gasteiger partial charge in [0.15, 0.2) is 11.6 Å². The summed E-state index contributed by atoms with van der Waals surface area (Å²) in [4.78, 5) is 0. The van der Waals surface area contributed by atoms with Gasteiger partial charge in [0.1, 0.15) is 6.61 Å². The Morgan fingerprint density at radius 3 is 2.60 bits per heavy atom. The lowest BCUT2D eigenvalue weighted by Gasteiger charge is -2.11. The molecule has 1 atom stereocenters. The first kappa shape index (κ1) is 15.1. The predicted octanol–water partition coefficient (Wildman–Crippen LogP) is 4.76. The summed E-state index contributed by atoms with van der Waals surface area (Å²) in [5, 5.41) is 10.4. The molecule has 5 heteroatoms. The largest absolute Gasteiger partial charge is 0.486 e. The van der Waals surface area contributed by atoms with E-state index in [2.05, 4.69) is 0 Å². The minimum absolute atomic E-state index is 0.102. The summed E-state index contributed by atoms with van der Waals surface area (Å²) in [6.07, 6.45) is -0.721. The van der Waals surface area contributed by atoms with Crippen LogP contribution in [-0.2, 0) is 6.61 Å². The molecule has 0 aliphatic heterocycles. The third-order valence-corrected chi connectivity index (χ3v) is 3.43. The molecule has 0 radical (unpaired) electrons. The Kier molecular flexibility index (Phi) is 4.86. The summed E-state index contributed by atoms with van der Waals surface area (Å²) >= 11 is 11.9. The molecule has 0 amide bonds. The van der Waals surface area contributed by atoms with E-state index in [4.69, 9.17) is 27.9 Å². The molecule has 0 aromatic heterocycles. The molecule has 106 valence electrons. The van der Waals surface area contributed by atoms with Crippen LogP contribution in [-0.4, -0.2) is 5.11 Å². The van der Waals surface area contributed by atoms with Crippen molar-refractivity contribution in [3.05, 3.63) is 63.4 Å². The van der Waals surface area contributed by atoms with Gasteiger partial charge in [0.05, 0.1) is 6.10 Å². The van der Waals surface area contributed by atoms with Crippen LogP contribution in [0, 0.1) is 5.82 Å². The summed E-state index contributed by atoms with van der Waals surface area (Å²) in [6, 6.07) is 9.35. The Labute approximate surface area is 126 Å². The molecular formula is C15H13Cl2FO2. The van der Waals surface area contributed by atoms with Crippen molar-refractivity contribution < 1.29 is 14.2 Å². The predicted molar refractivity (Wildman–Crippen MR) is 77.8 cm³/mol. The SMILES string of the molecule is CC(O)c1ccc(OCc2cc(Cl)ccc2Cl)c(F)c1. The Balaban J connectivity index is 2.13. The molecule has 20 heavy (non-hydrogen) atoms. The molecule has 0 heterocycles. The van der Waals surface area contributed by atoms with Gasteiger partial charge in [-0.3, -0.25) is 0 Å². The van der Waals surface area contributed by atoms with E-state index < -0.39 is 11.9 Å². The van der Waals surface area contributed by atoms with Gasteiger partial charge in [-0.25, -0.2) is 4.39 Å². The van der Waals surface area contributed by atoms with Gasteiger partial charge in [0, 0.05) is 15.6 Å². The van der Waals surface area contributed by atoms with Crippen molar-refractivity contribution in [2.45, 2.75) is 19.6 Å². The smallest absolute Gasteiger partial charge is 0.165 e. The molecule has 0 aliphatic carbocycles. The quantitative estimate of drug-likeness (QED) is 0.881. The summed E-state index contributed by atoms with van der Waals surface area (Å²) in [7, 11) is 0. The maximum absolute atomic E-state index is 13.8. The molecule has 0 fully saturated rings. The number of halogens is 3. The van der Waals surface area contributed by atoms with Crippen LogP contribution in [0.5, 0.6) is 5.75 Å². The highest BCUT2D eigenvalue weighted by Crippen LogP contribution is 2.25. The monoisotopic (exact) mass is 314 g/mol. The summed E-state index contributed by atoms with van der Waals surface area (Å²) in [5.74, 6) is -0.424. The Bertz CT molecular complexity index is 615.